The van der Waals surface area contributed by atoms with Crippen molar-refractivity contribution in [3.05, 3.63) is 29.8 Å². The van der Waals surface area contributed by atoms with Crippen molar-refractivity contribution in [2.75, 3.05) is 51.4 Å². The lowest BCUT2D eigenvalue weighted by Crippen LogP contribution is -2.63. The summed E-state index contributed by atoms with van der Waals surface area (Å²) in [5, 5.41) is 5.23. The summed E-state index contributed by atoms with van der Waals surface area (Å²) in [5.74, 6) is 7.05. The van der Waals surface area contributed by atoms with E-state index >= 15 is 0 Å². The maximum absolute atomic E-state index is 14.3. The Hall–Kier alpha value is -2.04. The van der Waals surface area contributed by atoms with Gasteiger partial charge in [0, 0.05) is 39.4 Å². The van der Waals surface area contributed by atoms with Crippen LogP contribution in [0.4, 0.5) is 5.69 Å². The number of ether oxygens (including phenoxy) is 1. The lowest BCUT2D eigenvalue weighted by molar-refractivity contribution is -0.137. The van der Waals surface area contributed by atoms with Crippen LogP contribution in [-0.2, 0) is 14.3 Å². The van der Waals surface area contributed by atoms with Crippen LogP contribution in [0.15, 0.2) is 24.3 Å². The average molecular weight is 561 g/mol. The fraction of sp³-hybridized carbons (Fsp3) is 0.742. The highest BCUT2D eigenvalue weighted by atomic mass is 16.5. The van der Waals surface area contributed by atoms with Crippen LogP contribution in [0.25, 0.3) is 0 Å². The molecule has 5 N–H and O–H groups in total. The van der Waals surface area contributed by atoms with Crippen LogP contribution < -0.4 is 21.9 Å². The molecular formula is C31H56N6O3. The first kappa shape index (κ1) is 34.2. The minimum Gasteiger partial charge on any atom is -0.385 e. The Labute approximate surface area is 242 Å². The summed E-state index contributed by atoms with van der Waals surface area (Å²) >= 11 is 0. The molecule has 9 nitrogen and oxygen atoms in total. The van der Waals surface area contributed by atoms with Crippen LogP contribution in [0.2, 0.25) is 0 Å². The first-order valence-corrected chi connectivity index (χ1v) is 15.2. The van der Waals surface area contributed by atoms with Gasteiger partial charge in [0.15, 0.2) is 0 Å². The Morgan fingerprint density at radius 2 is 1.93 bits per heavy atom. The van der Waals surface area contributed by atoms with Crippen molar-refractivity contribution in [1.29, 1.82) is 0 Å². The third-order valence-corrected chi connectivity index (χ3v) is 8.16. The topological polar surface area (TPSA) is 117 Å². The van der Waals surface area contributed by atoms with E-state index in [1.807, 2.05) is 36.1 Å². The van der Waals surface area contributed by atoms with E-state index in [1.165, 1.54) is 0 Å². The van der Waals surface area contributed by atoms with Gasteiger partial charge in [0.1, 0.15) is 12.3 Å². The Morgan fingerprint density at radius 1 is 1.20 bits per heavy atom. The Kier molecular flexibility index (Phi) is 15.1. The molecule has 4 unspecified atom stereocenters. The molecule has 1 amide bonds. The zero-order chi connectivity index (χ0) is 29.7. The smallest absolute Gasteiger partial charge is 0.241 e. The standard InChI is InChI=1S/C31H56N6O3/c1-7-16-35(8-2)29(22-38)25-18-26(20-34-19-25)36(21-23(3)4)31(39)30(32)28(15-11-12-17-40-6)37(33)27-14-10-9-13-24(27)5/h9-10,13-14,22-23,25-26,28-30,34H,7-8,11-12,15-21,32-33H2,1-6H3/t25?,26?,28?,29-,30?/m0/s1. The molecule has 5 atom stereocenters. The minimum atomic E-state index is -0.791. The highest BCUT2D eigenvalue weighted by Crippen LogP contribution is 2.26. The van der Waals surface area contributed by atoms with Gasteiger partial charge in [0.05, 0.1) is 17.8 Å². The van der Waals surface area contributed by atoms with Gasteiger partial charge in [-0.15, -0.1) is 0 Å². The van der Waals surface area contributed by atoms with E-state index in [1.54, 1.807) is 12.1 Å². The zero-order valence-electron chi connectivity index (χ0n) is 25.9. The number of amides is 1. The summed E-state index contributed by atoms with van der Waals surface area (Å²) in [5.41, 5.74) is 8.76. The first-order chi connectivity index (χ1) is 19.2. The number of nitrogens with zero attached hydrogens (tertiary/aromatic N) is 3. The maximum Gasteiger partial charge on any atom is 0.241 e. The molecule has 1 aromatic carbocycles. The number of carbonyl (C=O) groups is 2. The number of nitrogens with one attached hydrogen (secondary N) is 1. The van der Waals surface area contributed by atoms with E-state index in [-0.39, 0.29) is 35.9 Å². The first-order valence-electron chi connectivity index (χ1n) is 15.2. The van der Waals surface area contributed by atoms with Crippen molar-refractivity contribution in [3.8, 4) is 0 Å². The number of hydrogen-bond acceptors (Lipinski definition) is 8. The molecule has 9 heteroatoms. The molecule has 0 aliphatic carbocycles. The van der Waals surface area contributed by atoms with Gasteiger partial charge in [0.2, 0.25) is 5.91 Å². The lowest BCUT2D eigenvalue weighted by atomic mass is 9.87. The summed E-state index contributed by atoms with van der Waals surface area (Å²) < 4.78 is 5.25. The molecule has 1 saturated heterocycles. The second-order valence-corrected chi connectivity index (χ2v) is 11.7. The number of carbonyl (C=O) groups excluding carboxylic acids is 2. The van der Waals surface area contributed by atoms with Gasteiger partial charge in [-0.25, -0.2) is 5.84 Å². The predicted molar refractivity (Wildman–Crippen MR) is 164 cm³/mol. The van der Waals surface area contributed by atoms with Gasteiger partial charge in [-0.3, -0.25) is 9.69 Å². The molecule has 0 aromatic heterocycles. The SMILES string of the molecule is CCCN(CC)[C@@H](C=O)C1CNCC(N(CC(C)C)C(=O)C(N)C(CCCCOC)N(N)c2ccccc2C)C1. The zero-order valence-corrected chi connectivity index (χ0v) is 25.9. The van der Waals surface area contributed by atoms with Crippen molar-refractivity contribution >= 4 is 17.9 Å². The summed E-state index contributed by atoms with van der Waals surface area (Å²) in [6.45, 7) is 14.9. The van der Waals surface area contributed by atoms with E-state index in [2.05, 4.69) is 37.9 Å². The number of hydrazine groups is 1. The predicted octanol–water partition coefficient (Wildman–Crippen LogP) is 2.95. The van der Waals surface area contributed by atoms with Crippen LogP contribution >= 0.6 is 0 Å². The second kappa shape index (κ2) is 17.7. The maximum atomic E-state index is 14.3. The third-order valence-electron chi connectivity index (χ3n) is 8.16. The van der Waals surface area contributed by atoms with E-state index in [4.69, 9.17) is 16.3 Å². The second-order valence-electron chi connectivity index (χ2n) is 11.7. The molecule has 1 fully saturated rings. The molecule has 40 heavy (non-hydrogen) atoms. The van der Waals surface area contributed by atoms with Crippen molar-refractivity contribution in [1.82, 2.24) is 15.1 Å². The van der Waals surface area contributed by atoms with Crippen LogP contribution in [0, 0.1) is 18.8 Å². The van der Waals surface area contributed by atoms with Gasteiger partial charge >= 0.3 is 0 Å². The Balaban J connectivity index is 2.32. The van der Waals surface area contributed by atoms with Gasteiger partial charge in [-0.2, -0.15) is 0 Å². The molecule has 1 aliphatic rings. The van der Waals surface area contributed by atoms with E-state index in [0.29, 0.717) is 26.1 Å². The number of nitrogens with two attached hydrogens (primary N) is 2. The molecule has 1 aromatic rings. The molecule has 1 aliphatic heterocycles. The summed E-state index contributed by atoms with van der Waals surface area (Å²) in [6, 6.07) is 6.57. The summed E-state index contributed by atoms with van der Waals surface area (Å²) in [4.78, 5) is 30.7. The van der Waals surface area contributed by atoms with Crippen LogP contribution in [0.1, 0.15) is 65.4 Å². The number of aldehydes is 1. The molecular weight excluding hydrogens is 504 g/mol. The third kappa shape index (κ3) is 9.52. The number of piperidine rings is 1. The number of benzene rings is 1. The Bertz CT molecular complexity index is 884. The number of unbranched alkanes of at least 4 members (excludes halogenated alkanes) is 1. The van der Waals surface area contributed by atoms with Crippen LogP contribution in [0.3, 0.4) is 0 Å². The van der Waals surface area contributed by atoms with Crippen molar-refractivity contribution in [3.63, 3.8) is 0 Å². The highest BCUT2D eigenvalue weighted by Gasteiger charge is 2.39. The van der Waals surface area contributed by atoms with E-state index in [9.17, 15) is 9.59 Å². The number of likely N-dealkylation sites (N-methyl/N-ethyl adjacent to an activating group) is 1. The van der Waals surface area contributed by atoms with Crippen LogP contribution in [-0.4, -0.2) is 92.6 Å². The van der Waals surface area contributed by atoms with Gasteiger partial charge in [-0.05, 0) is 75.6 Å². The largest absolute Gasteiger partial charge is 0.385 e. The van der Waals surface area contributed by atoms with Crippen molar-refractivity contribution in [2.45, 2.75) is 90.9 Å². The molecule has 0 spiro atoms. The van der Waals surface area contributed by atoms with Gasteiger partial charge in [-0.1, -0.05) is 45.9 Å². The number of rotatable bonds is 18. The molecule has 1 heterocycles. The van der Waals surface area contributed by atoms with Crippen molar-refractivity contribution in [2.24, 2.45) is 23.4 Å². The number of para-hydroxylation sites is 1. The number of anilines is 1. The summed E-state index contributed by atoms with van der Waals surface area (Å²) in [7, 11) is 1.70. The van der Waals surface area contributed by atoms with Gasteiger partial charge < -0.3 is 30.5 Å². The summed E-state index contributed by atoms with van der Waals surface area (Å²) in [6.07, 6.45) is 5.26. The monoisotopic (exact) mass is 560 g/mol. The molecule has 0 radical (unpaired) electrons. The molecule has 2 rings (SSSR count). The van der Waals surface area contributed by atoms with Gasteiger partial charge in [0.25, 0.3) is 0 Å². The lowest BCUT2D eigenvalue weighted by Gasteiger charge is -2.44. The Morgan fingerprint density at radius 3 is 2.52 bits per heavy atom. The van der Waals surface area contributed by atoms with Crippen LogP contribution in [0.5, 0.6) is 0 Å². The number of aryl methyl sites for hydroxylation is 1. The molecule has 228 valence electrons. The van der Waals surface area contributed by atoms with Crippen molar-refractivity contribution < 1.29 is 14.3 Å². The number of methoxy groups -OCH3 is 1. The van der Waals surface area contributed by atoms with E-state index in [0.717, 1.165) is 62.9 Å². The molecule has 0 saturated carbocycles. The number of hydrogen-bond donors (Lipinski definition) is 3. The molecule has 0 bridgehead atoms. The average Bonchev–Trinajstić information content (AvgIpc) is 2.95. The van der Waals surface area contributed by atoms with E-state index < -0.39 is 6.04 Å². The minimum absolute atomic E-state index is 0.0405. The fourth-order valence-corrected chi connectivity index (χ4v) is 6.04. The fourth-order valence-electron chi connectivity index (χ4n) is 6.04. The quantitative estimate of drug-likeness (QED) is 0.109. The highest BCUT2D eigenvalue weighted by molar-refractivity contribution is 5.83. The normalized spacial score (nSPS) is 19.9.